The first-order valence-corrected chi connectivity index (χ1v) is 13.7. The monoisotopic (exact) mass is 492 g/mol. The Kier molecular flexibility index (Phi) is 6.65. The van der Waals surface area contributed by atoms with Crippen LogP contribution in [0.5, 0.6) is 11.5 Å². The Morgan fingerprint density at radius 3 is 2.58 bits per heavy atom. The molecule has 1 aromatic carbocycles. The highest BCUT2D eigenvalue weighted by Crippen LogP contribution is 2.38. The number of nitrogens with one attached hydrogen (secondary N) is 1. The predicted octanol–water partition coefficient (Wildman–Crippen LogP) is 5.03. The lowest BCUT2D eigenvalue weighted by Gasteiger charge is -2.39. The predicted molar refractivity (Wildman–Crippen MR) is 136 cm³/mol. The molecule has 3 aliphatic rings. The topological polar surface area (TPSA) is 98.2 Å². The minimum atomic E-state index is -0.0483. The van der Waals surface area contributed by atoms with Crippen molar-refractivity contribution in [2.45, 2.75) is 102 Å². The van der Waals surface area contributed by atoms with Gasteiger partial charge < -0.3 is 14.5 Å². The number of tetrazole rings is 1. The van der Waals surface area contributed by atoms with Crippen LogP contribution < -0.4 is 15.0 Å². The molecule has 0 bridgehead atoms. The van der Waals surface area contributed by atoms with Gasteiger partial charge in [-0.05, 0) is 54.7 Å². The summed E-state index contributed by atoms with van der Waals surface area (Å²) in [6.45, 7) is 3.01. The lowest BCUT2D eigenvalue weighted by molar-refractivity contribution is 0.0798. The molecule has 0 saturated heterocycles. The quantitative estimate of drug-likeness (QED) is 0.471. The van der Waals surface area contributed by atoms with E-state index in [0.29, 0.717) is 24.4 Å². The number of aromatic amines is 1. The number of benzene rings is 1. The normalized spacial score (nSPS) is 19.5. The van der Waals surface area contributed by atoms with Crippen LogP contribution in [0.15, 0.2) is 23.0 Å². The summed E-state index contributed by atoms with van der Waals surface area (Å²) >= 11 is 0. The van der Waals surface area contributed by atoms with Crippen molar-refractivity contribution in [1.29, 1.82) is 0 Å². The molecule has 192 valence electrons. The first-order chi connectivity index (χ1) is 17.7. The molecule has 1 atom stereocenters. The van der Waals surface area contributed by atoms with E-state index in [4.69, 9.17) is 9.47 Å². The maximum Gasteiger partial charge on any atom is 0.252 e. The third-order valence-corrected chi connectivity index (χ3v) is 8.26. The lowest BCUT2D eigenvalue weighted by Crippen LogP contribution is -2.41. The number of pyridine rings is 1. The molecular formula is C27H36N6O3. The average molecular weight is 493 g/mol. The molecule has 0 amide bonds. The van der Waals surface area contributed by atoms with Gasteiger partial charge in [-0.3, -0.25) is 9.69 Å². The number of H-pyrrole nitrogens is 1. The molecule has 0 spiro atoms. The van der Waals surface area contributed by atoms with E-state index in [0.717, 1.165) is 66.6 Å². The molecule has 2 aromatic heterocycles. The molecule has 2 saturated carbocycles. The van der Waals surface area contributed by atoms with Gasteiger partial charge in [-0.25, -0.2) is 4.68 Å². The van der Waals surface area contributed by atoms with Crippen molar-refractivity contribution in [2.75, 3.05) is 6.79 Å². The van der Waals surface area contributed by atoms with Gasteiger partial charge in [-0.2, -0.15) is 0 Å². The number of rotatable bonds is 8. The number of nitrogens with zero attached hydrogens (tertiary/aromatic N) is 5. The molecule has 3 aromatic rings. The molecule has 9 heteroatoms. The van der Waals surface area contributed by atoms with Gasteiger partial charge in [0.25, 0.3) is 5.56 Å². The standard InChI is InChI=1S/C27H36N6O3/c1-2-8-23(26-29-30-31-33(26)21-11-6-7-12-21)32(20-9-4-3-5-10-20)16-19-13-18-14-24-25(36-17-35-24)15-22(18)28-27(19)34/h13-15,20-21,23H,2-12,16-17H2,1H3,(H,28,34). The van der Waals surface area contributed by atoms with Gasteiger partial charge in [0.2, 0.25) is 6.79 Å². The zero-order valence-electron chi connectivity index (χ0n) is 21.1. The van der Waals surface area contributed by atoms with Crippen LogP contribution >= 0.6 is 0 Å². The zero-order valence-corrected chi connectivity index (χ0v) is 21.1. The fourth-order valence-corrected chi connectivity index (χ4v) is 6.41. The zero-order chi connectivity index (χ0) is 24.5. The molecule has 9 nitrogen and oxygen atoms in total. The largest absolute Gasteiger partial charge is 0.454 e. The Labute approximate surface area is 211 Å². The summed E-state index contributed by atoms with van der Waals surface area (Å²) in [7, 11) is 0. The number of hydrogen-bond acceptors (Lipinski definition) is 7. The van der Waals surface area contributed by atoms with Gasteiger partial charge in [-0.1, -0.05) is 45.4 Å². The van der Waals surface area contributed by atoms with Crippen molar-refractivity contribution in [2.24, 2.45) is 0 Å². The average Bonchev–Trinajstić information content (AvgIpc) is 3.67. The van der Waals surface area contributed by atoms with Crippen LogP contribution in [0.3, 0.4) is 0 Å². The highest BCUT2D eigenvalue weighted by atomic mass is 16.7. The van der Waals surface area contributed by atoms with Gasteiger partial charge >= 0.3 is 0 Å². The Morgan fingerprint density at radius 1 is 1.06 bits per heavy atom. The van der Waals surface area contributed by atoms with Gasteiger partial charge in [0.1, 0.15) is 0 Å². The Morgan fingerprint density at radius 2 is 1.81 bits per heavy atom. The van der Waals surface area contributed by atoms with Crippen LogP contribution in [-0.2, 0) is 6.54 Å². The van der Waals surface area contributed by atoms with E-state index in [9.17, 15) is 4.79 Å². The summed E-state index contributed by atoms with van der Waals surface area (Å²) in [5, 5.41) is 14.2. The first kappa shape index (κ1) is 23.5. The van der Waals surface area contributed by atoms with E-state index in [1.54, 1.807) is 0 Å². The molecule has 36 heavy (non-hydrogen) atoms. The molecule has 2 fully saturated rings. The third kappa shape index (κ3) is 4.49. The van der Waals surface area contributed by atoms with E-state index in [2.05, 4.69) is 37.0 Å². The Bertz CT molecular complexity index is 1260. The number of hydrogen-bond donors (Lipinski definition) is 1. The second-order valence-electron chi connectivity index (χ2n) is 10.6. The smallest absolute Gasteiger partial charge is 0.252 e. The molecule has 6 rings (SSSR count). The molecule has 2 aliphatic carbocycles. The fourth-order valence-electron chi connectivity index (χ4n) is 6.41. The minimum Gasteiger partial charge on any atom is -0.454 e. The summed E-state index contributed by atoms with van der Waals surface area (Å²) in [5.74, 6) is 2.37. The molecule has 1 unspecified atom stereocenters. The van der Waals surface area contributed by atoms with Crippen molar-refractivity contribution in [3.05, 3.63) is 39.9 Å². The second-order valence-corrected chi connectivity index (χ2v) is 10.6. The summed E-state index contributed by atoms with van der Waals surface area (Å²) in [5.41, 5.74) is 1.49. The SMILES string of the molecule is CCCC(c1nnnn1C1CCCC1)N(Cc1cc2cc3c(cc2[nH]c1=O)OCO3)C1CCCCC1. The second kappa shape index (κ2) is 10.2. The van der Waals surface area contributed by atoms with Crippen LogP contribution in [0.25, 0.3) is 10.9 Å². The Hall–Kier alpha value is -2.94. The summed E-state index contributed by atoms with van der Waals surface area (Å²) < 4.78 is 13.2. The number of ether oxygens (including phenoxy) is 2. The van der Waals surface area contributed by atoms with E-state index in [-0.39, 0.29) is 18.4 Å². The summed E-state index contributed by atoms with van der Waals surface area (Å²) in [6.07, 6.45) is 12.8. The van der Waals surface area contributed by atoms with Crippen LogP contribution in [-0.4, -0.2) is 42.9 Å². The maximum atomic E-state index is 13.3. The van der Waals surface area contributed by atoms with E-state index in [1.807, 2.05) is 18.2 Å². The lowest BCUT2D eigenvalue weighted by atomic mass is 9.91. The molecule has 1 N–H and O–H groups in total. The van der Waals surface area contributed by atoms with Gasteiger partial charge in [0.15, 0.2) is 17.3 Å². The minimum absolute atomic E-state index is 0.0483. The van der Waals surface area contributed by atoms with Crippen LogP contribution in [0.2, 0.25) is 0 Å². The Balaban J connectivity index is 1.38. The fraction of sp³-hybridized carbons (Fsp3) is 0.630. The summed E-state index contributed by atoms with van der Waals surface area (Å²) in [6, 6.07) is 6.73. The van der Waals surface area contributed by atoms with Crippen molar-refractivity contribution in [3.8, 4) is 11.5 Å². The maximum absolute atomic E-state index is 13.3. The van der Waals surface area contributed by atoms with Gasteiger partial charge in [0, 0.05) is 29.6 Å². The number of aromatic nitrogens is 5. The molecule has 1 aliphatic heterocycles. The van der Waals surface area contributed by atoms with Crippen LogP contribution in [0.4, 0.5) is 0 Å². The van der Waals surface area contributed by atoms with Crippen LogP contribution in [0.1, 0.15) is 101 Å². The molecular weight excluding hydrogens is 456 g/mol. The third-order valence-electron chi connectivity index (χ3n) is 8.26. The van der Waals surface area contributed by atoms with Crippen molar-refractivity contribution < 1.29 is 9.47 Å². The van der Waals surface area contributed by atoms with Gasteiger partial charge in [0.05, 0.1) is 17.6 Å². The van der Waals surface area contributed by atoms with E-state index < -0.39 is 0 Å². The number of fused-ring (bicyclic) bond motifs is 2. The van der Waals surface area contributed by atoms with Crippen molar-refractivity contribution in [3.63, 3.8) is 0 Å². The highest BCUT2D eigenvalue weighted by Gasteiger charge is 2.34. The van der Waals surface area contributed by atoms with Crippen molar-refractivity contribution >= 4 is 10.9 Å². The highest BCUT2D eigenvalue weighted by molar-refractivity contribution is 5.83. The van der Waals surface area contributed by atoms with Crippen molar-refractivity contribution in [1.82, 2.24) is 30.1 Å². The van der Waals surface area contributed by atoms with Crippen LogP contribution in [0, 0.1) is 0 Å². The van der Waals surface area contributed by atoms with E-state index in [1.165, 1.54) is 32.1 Å². The molecule has 3 heterocycles. The van der Waals surface area contributed by atoms with E-state index >= 15 is 0 Å². The summed E-state index contributed by atoms with van der Waals surface area (Å²) in [4.78, 5) is 18.9. The first-order valence-electron chi connectivity index (χ1n) is 13.7. The van der Waals surface area contributed by atoms with Gasteiger partial charge in [-0.15, -0.1) is 5.10 Å². The molecule has 0 radical (unpaired) electrons.